The molecule has 0 saturated heterocycles. The van der Waals surface area contributed by atoms with Crippen LogP contribution >= 0.6 is 24.4 Å². The first-order valence-corrected chi connectivity index (χ1v) is 23.8. The van der Waals surface area contributed by atoms with Crippen LogP contribution in [0.15, 0.2) is 151 Å². The number of hydrogen-bond acceptors (Lipinski definition) is 25. The third-order valence-corrected chi connectivity index (χ3v) is 10.5. The molecule has 1 aliphatic rings. The van der Waals surface area contributed by atoms with Gasteiger partial charge in [0.15, 0.2) is 23.2 Å². The molecule has 19 N–H and O–H groups in total. The molecular formula is C49H52K2N24O6S2+. The van der Waals surface area contributed by atoms with E-state index >= 15 is 0 Å². The molecule has 9 heterocycles. The molecule has 0 saturated carbocycles. The number of Topliss-reactive ketones (excluding diaryl/α,β-unsaturated/α-hetero) is 1. The molecule has 34 heteroatoms. The summed E-state index contributed by atoms with van der Waals surface area (Å²) in [7, 11) is 0. The van der Waals surface area contributed by atoms with E-state index in [9.17, 15) is 14.4 Å². The van der Waals surface area contributed by atoms with Crippen molar-refractivity contribution in [1.82, 2.24) is 75.9 Å². The number of nitrogens with two attached hydrogens (primary N) is 4. The fourth-order valence-electron chi connectivity index (χ4n) is 6.83. The largest absolute Gasteiger partial charge is 1.00 e. The third-order valence-electron chi connectivity index (χ3n) is 10.2. The number of quaternary nitrogens is 1. The molecule has 1 amide bonds. The Morgan fingerprint density at radius 1 is 0.663 bits per heavy atom. The second kappa shape index (κ2) is 36.0. The molecule has 0 unspecified atom stereocenters. The normalized spacial score (nSPS) is 10.4. The average molecular weight is 1220 g/mol. The van der Waals surface area contributed by atoms with Crippen molar-refractivity contribution >= 4 is 195 Å². The molecule has 0 atom stereocenters. The number of hydrogen-bond donors (Lipinski definition) is 13. The van der Waals surface area contributed by atoms with E-state index in [0.717, 1.165) is 66.9 Å². The van der Waals surface area contributed by atoms with Crippen LogP contribution in [0.4, 0.5) is 17.6 Å². The summed E-state index contributed by atoms with van der Waals surface area (Å²) in [5, 5.41) is 41.3. The zero-order valence-corrected chi connectivity index (χ0v) is 51.7. The molecule has 12 aromatic rings. The summed E-state index contributed by atoms with van der Waals surface area (Å²) < 4.78 is 0.393. The van der Waals surface area contributed by atoms with Gasteiger partial charge in [-0.1, -0.05) is 78.9 Å². The van der Waals surface area contributed by atoms with Crippen LogP contribution in [0.5, 0.6) is 0 Å². The molecule has 83 heavy (non-hydrogen) atoms. The van der Waals surface area contributed by atoms with E-state index in [2.05, 4.69) is 132 Å². The number of benzene rings is 4. The summed E-state index contributed by atoms with van der Waals surface area (Å²) in [6.07, 6.45) is 5.61. The van der Waals surface area contributed by atoms with Crippen molar-refractivity contribution in [3.8, 4) is 0 Å². The van der Waals surface area contributed by atoms with Gasteiger partial charge in [-0.25, -0.2) is 17.1 Å². The number of rotatable bonds is 6. The van der Waals surface area contributed by atoms with E-state index in [0.29, 0.717) is 50.0 Å². The minimum atomic E-state index is -0.536. The van der Waals surface area contributed by atoms with Crippen LogP contribution in [0.25, 0.3) is 66.2 Å². The Morgan fingerprint density at radius 3 is 1.59 bits per heavy atom. The number of thiocarbonyl (C=S) groups is 1. The van der Waals surface area contributed by atoms with Crippen molar-refractivity contribution in [3.63, 3.8) is 0 Å². The van der Waals surface area contributed by atoms with Gasteiger partial charge in [0.2, 0.25) is 4.77 Å². The Kier molecular flexibility index (Phi) is 29.4. The number of para-hydroxylation sites is 4. The zero-order valence-electron chi connectivity index (χ0n) is 43.8. The van der Waals surface area contributed by atoms with Crippen molar-refractivity contribution < 1.29 is 90.7 Å². The van der Waals surface area contributed by atoms with Gasteiger partial charge < -0.3 is 30.4 Å². The van der Waals surface area contributed by atoms with E-state index < -0.39 is 11.7 Å². The summed E-state index contributed by atoms with van der Waals surface area (Å²) in [5.74, 6) is 17.6. The van der Waals surface area contributed by atoms with Gasteiger partial charge in [0.25, 0.3) is 35.2 Å². The summed E-state index contributed by atoms with van der Waals surface area (Å²) in [4.78, 5) is 73.0. The number of nitrogens with one attached hydrogen (secondary N) is 8. The zero-order chi connectivity index (χ0) is 57.9. The predicted molar refractivity (Wildman–Crippen MR) is 318 cm³/mol. The second-order valence-corrected chi connectivity index (χ2v) is 16.1. The van der Waals surface area contributed by atoms with Gasteiger partial charge in [0.1, 0.15) is 22.2 Å². The summed E-state index contributed by atoms with van der Waals surface area (Å²) in [5.41, 5.74) is 20.2. The quantitative estimate of drug-likeness (QED) is 0.0147. The van der Waals surface area contributed by atoms with Crippen molar-refractivity contribution in [2.24, 2.45) is 28.5 Å². The number of fused-ring (bicyclic) bond motifs is 10. The molecule has 0 fully saturated rings. The van der Waals surface area contributed by atoms with Crippen LogP contribution in [0.1, 0.15) is 30.8 Å². The van der Waals surface area contributed by atoms with E-state index in [-0.39, 0.29) is 114 Å². The van der Waals surface area contributed by atoms with E-state index in [1.165, 1.54) is 0 Å². The van der Waals surface area contributed by atoms with E-state index in [1.54, 1.807) is 61.1 Å². The number of nitrogen functional groups attached to an aromatic ring is 1. The monoisotopic (exact) mass is 1220 g/mol. The Balaban J connectivity index is 0.000000521. The summed E-state index contributed by atoms with van der Waals surface area (Å²) >= 11 is 9.24. The first kappa shape index (κ1) is 67.8. The second-order valence-electron chi connectivity index (χ2n) is 15.2. The number of aromatic nitrogens is 14. The molecule has 30 nitrogen and oxygen atoms in total. The third kappa shape index (κ3) is 19.7. The SMILES string of the molecule is C(=N\Nc1nnc2c(n1)[nH]c1ccccc12)/c1ccccn1.NN.NNC([NH3+])=S.NNc1nnc2c(n1)[nH]c1ccccc12.O=C1Nc2ccccc2C1=O.O=CO[O-].O=Cc1ccccn1.S=c1nc2[nH]c3ccccc3c2n[nH]1.[2HH].[2HH].[2HH].[K+].[K]. The minimum absolute atomic E-state index is 0. The Morgan fingerprint density at radius 2 is 1.12 bits per heavy atom. The fraction of sp³-hybridized carbons (Fsp3) is 0. The number of ketones is 1. The number of pyridine rings is 2. The molecule has 13 rings (SSSR count). The van der Waals surface area contributed by atoms with Gasteiger partial charge in [-0.3, -0.25) is 62.5 Å². The van der Waals surface area contributed by atoms with Gasteiger partial charge in [0, 0.05) is 113 Å². The molecular weight excluding hydrogens is 1160 g/mol. The van der Waals surface area contributed by atoms with Gasteiger partial charge in [-0.2, -0.15) is 25.2 Å². The number of aromatic amines is 4. The number of nitrogens with zero attached hydrogens (tertiary/aromatic N) is 11. The number of amides is 1. The van der Waals surface area contributed by atoms with Crippen molar-refractivity contribution in [1.29, 1.82) is 0 Å². The maximum Gasteiger partial charge on any atom is 1.00 e. The van der Waals surface area contributed by atoms with Gasteiger partial charge in [-0.05, 0) is 66.8 Å². The number of anilines is 3. The first-order valence-electron chi connectivity index (χ1n) is 22.9. The number of carbonyl (C=O) groups excluding carboxylic acids is 4. The fourth-order valence-corrected chi connectivity index (χ4v) is 6.97. The molecule has 1 aliphatic heterocycles. The molecule has 1 radical (unpaired) electrons. The van der Waals surface area contributed by atoms with E-state index in [4.69, 9.17) is 34.0 Å². The smallest absolute Gasteiger partial charge is 0.662 e. The number of aldehydes is 1. The van der Waals surface area contributed by atoms with Gasteiger partial charge in [0.05, 0.1) is 23.2 Å². The number of hydrazone groups is 1. The molecule has 0 aliphatic carbocycles. The molecule has 417 valence electrons. The maximum absolute atomic E-state index is 11.0. The summed E-state index contributed by atoms with van der Waals surface area (Å²) in [6.45, 7) is -0.181. The number of hydrazine groups is 3. The van der Waals surface area contributed by atoms with Crippen LogP contribution in [0, 0.1) is 4.77 Å². The topological polar surface area (TPSA) is 485 Å². The van der Waals surface area contributed by atoms with Crippen LogP contribution in [0.3, 0.4) is 0 Å². The minimum Gasteiger partial charge on any atom is -0.662 e. The van der Waals surface area contributed by atoms with E-state index in [1.807, 2.05) is 91.0 Å². The Bertz CT molecular complexity index is 4160. The molecule has 0 spiro atoms. The predicted octanol–water partition coefficient (Wildman–Crippen LogP) is -0.386. The van der Waals surface area contributed by atoms with Crippen molar-refractivity contribution in [2.75, 3.05) is 16.2 Å². The molecule has 8 aromatic heterocycles. The standard InChI is InChI=1S/C15H11N7.C9H8N6.C9H6N4S.C8H5NO2.C6H5NO.CH5N3S.CH2O3.2K.H4N2.3H2/c1-2-7-12-11(6-1)13-14(18-12)19-15(22-20-13)21-17-9-10-5-3-4-8-16-10;10-13-9-12-8-7(14-15-9)5-3-1-2-4-6(5)11-8;14-9-11-8-7(12-13-9)5-3-1-2-4-6(5)10-8;10-7-5-3-1-2-4-6(5)9-8(7)11;8-5-6-3-1-2-4-7-6;2-1(5)4-3;2-1-4-3;;;1-2;;;/h1-9H,(H2,18,19,21,22);1-4H,10H2,(H2,11,12,13,15);1-4H,(H2,10,11,13,14);1-4H,(H,9,10,11);1-5H;3H2,(H3,2,4,5);1,3H;;;1-2H2;3*1H/q;;;;;;;;+1;;;;/b17-9+;;;;;;;;;;;;/i;;;;;;;;;;3*1+1. The van der Waals surface area contributed by atoms with Crippen LogP contribution < -0.4 is 107 Å². The van der Waals surface area contributed by atoms with Gasteiger partial charge >= 0.3 is 51.4 Å². The van der Waals surface area contributed by atoms with Crippen LogP contribution in [-0.2, 0) is 14.5 Å². The number of carbonyl (C=O) groups is 4. The molecule has 0 bridgehead atoms. The first-order chi connectivity index (χ1) is 39.5. The van der Waals surface area contributed by atoms with Crippen molar-refractivity contribution in [3.05, 3.63) is 168 Å². The van der Waals surface area contributed by atoms with Crippen LogP contribution in [-0.4, -0.2) is 158 Å². The van der Waals surface area contributed by atoms with Crippen molar-refractivity contribution in [2.45, 2.75) is 0 Å². The Hall–Kier alpha value is -7.70. The van der Waals surface area contributed by atoms with Gasteiger partial charge in [-0.15, -0.1) is 20.4 Å². The Labute approximate surface area is 567 Å². The average Bonchev–Trinajstić information content (AvgIpc) is 3.63. The number of H-pyrrole nitrogens is 4. The maximum atomic E-state index is 11.0. The molecule has 4 aromatic carbocycles. The summed E-state index contributed by atoms with van der Waals surface area (Å²) in [6, 6.07) is 41.3. The van der Waals surface area contributed by atoms with Crippen LogP contribution in [0.2, 0.25) is 0 Å².